The minimum Gasteiger partial charge on any atom is -0.359 e. The number of carbonyl (C=O) groups excluding carboxylic acids is 1. The first kappa shape index (κ1) is 22.6. The number of nitrogens with one attached hydrogen (secondary N) is 3. The number of halogens is 3. The molecule has 136 valence electrons. The molecule has 1 amide bonds. The van der Waals surface area contributed by atoms with E-state index >= 15 is 0 Å². The van der Waals surface area contributed by atoms with Crippen molar-refractivity contribution in [1.29, 1.82) is 0 Å². The summed E-state index contributed by atoms with van der Waals surface area (Å²) in [4.78, 5) is 15.8. The summed E-state index contributed by atoms with van der Waals surface area (Å²) in [6.07, 6.45) is 0.323. The molecule has 0 spiro atoms. The highest BCUT2D eigenvalue weighted by Gasteiger charge is 2.26. The second-order valence-corrected chi connectivity index (χ2v) is 5.80. The first-order valence-electron chi connectivity index (χ1n) is 7.41. The van der Waals surface area contributed by atoms with Crippen molar-refractivity contribution in [2.75, 3.05) is 27.2 Å². The van der Waals surface area contributed by atoms with E-state index in [4.69, 9.17) is 0 Å². The van der Waals surface area contributed by atoms with Crippen molar-refractivity contribution in [3.63, 3.8) is 0 Å². The van der Waals surface area contributed by atoms with Gasteiger partial charge in [-0.2, -0.15) is 0 Å². The molecule has 1 aromatic carbocycles. The number of hydrogen-bond donors (Lipinski definition) is 3. The molecule has 1 rings (SSSR count). The largest absolute Gasteiger partial charge is 0.359 e. The molecule has 1 aromatic rings. The van der Waals surface area contributed by atoms with Gasteiger partial charge in [0.25, 0.3) is 0 Å². The van der Waals surface area contributed by atoms with Gasteiger partial charge in [-0.05, 0) is 44.0 Å². The predicted octanol–water partition coefficient (Wildman–Crippen LogP) is 2.06. The second kappa shape index (κ2) is 10.4. The molecule has 3 N–H and O–H groups in total. The van der Waals surface area contributed by atoms with E-state index in [1.165, 1.54) is 6.07 Å². The Hall–Kier alpha value is -1.45. The maximum absolute atomic E-state index is 13.5. The van der Waals surface area contributed by atoms with Crippen LogP contribution < -0.4 is 16.0 Å². The zero-order valence-corrected chi connectivity index (χ0v) is 16.7. The van der Waals surface area contributed by atoms with E-state index < -0.39 is 17.0 Å². The van der Waals surface area contributed by atoms with E-state index in [1.54, 1.807) is 14.1 Å². The van der Waals surface area contributed by atoms with Crippen molar-refractivity contribution < 1.29 is 13.6 Å². The Balaban J connectivity index is 0.00000529. The van der Waals surface area contributed by atoms with E-state index in [-0.39, 0.29) is 29.9 Å². The molecule has 0 atom stereocenters. The lowest BCUT2D eigenvalue weighted by Crippen LogP contribution is -2.47. The minimum absolute atomic E-state index is 0. The van der Waals surface area contributed by atoms with Crippen molar-refractivity contribution in [2.45, 2.75) is 20.3 Å². The Morgan fingerprint density at radius 1 is 1.25 bits per heavy atom. The summed E-state index contributed by atoms with van der Waals surface area (Å²) < 4.78 is 26.6. The number of hydrogen-bond acceptors (Lipinski definition) is 2. The zero-order valence-electron chi connectivity index (χ0n) is 14.4. The molecule has 0 aliphatic carbocycles. The lowest BCUT2D eigenvalue weighted by Gasteiger charge is -2.24. The smallest absolute Gasteiger partial charge is 0.227 e. The van der Waals surface area contributed by atoms with E-state index in [2.05, 4.69) is 20.9 Å². The van der Waals surface area contributed by atoms with Crippen LogP contribution in [0.25, 0.3) is 0 Å². The molecule has 0 radical (unpaired) electrons. The summed E-state index contributed by atoms with van der Waals surface area (Å²) in [5.74, 6) is -0.478. The van der Waals surface area contributed by atoms with E-state index in [9.17, 15) is 13.6 Å². The third-order valence-electron chi connectivity index (χ3n) is 3.46. The first-order valence-corrected chi connectivity index (χ1v) is 7.41. The summed E-state index contributed by atoms with van der Waals surface area (Å²) >= 11 is 0. The number of amides is 1. The molecule has 0 aliphatic rings. The van der Waals surface area contributed by atoms with Crippen LogP contribution in [0, 0.1) is 17.0 Å². The quantitative estimate of drug-likeness (QED) is 0.351. The van der Waals surface area contributed by atoms with Gasteiger partial charge in [0, 0.05) is 27.2 Å². The van der Waals surface area contributed by atoms with Gasteiger partial charge in [-0.1, -0.05) is 0 Å². The molecule has 0 unspecified atom stereocenters. The van der Waals surface area contributed by atoms with Crippen molar-refractivity contribution in [1.82, 2.24) is 16.0 Å². The average Bonchev–Trinajstić information content (AvgIpc) is 2.52. The van der Waals surface area contributed by atoms with E-state index in [0.717, 1.165) is 12.1 Å². The highest BCUT2D eigenvalue weighted by atomic mass is 127. The van der Waals surface area contributed by atoms with Crippen LogP contribution in [0.15, 0.2) is 23.2 Å². The standard InChI is InChI=1S/C16H24F2N4O.HI/c1-16(2,14(23)19-3)10-22-15(20-4)21-8-7-11-9-12(17)5-6-13(11)18;/h5-6,9H,7-8,10H2,1-4H3,(H,19,23)(H2,20,21,22);1H. The lowest BCUT2D eigenvalue weighted by molar-refractivity contribution is -0.128. The minimum atomic E-state index is -0.596. The summed E-state index contributed by atoms with van der Waals surface area (Å²) in [6.45, 7) is 4.41. The molecule has 8 heteroatoms. The molecule has 5 nitrogen and oxygen atoms in total. The van der Waals surface area contributed by atoms with Gasteiger partial charge in [-0.3, -0.25) is 9.79 Å². The molecule has 0 aliphatic heterocycles. The second-order valence-electron chi connectivity index (χ2n) is 5.80. The molecule has 0 bridgehead atoms. The van der Waals surface area contributed by atoms with Crippen molar-refractivity contribution in [2.24, 2.45) is 10.4 Å². The van der Waals surface area contributed by atoms with Crippen LogP contribution in [0.2, 0.25) is 0 Å². The van der Waals surface area contributed by atoms with Gasteiger partial charge in [0.1, 0.15) is 11.6 Å². The normalized spacial score (nSPS) is 11.5. The Morgan fingerprint density at radius 3 is 2.50 bits per heavy atom. The number of aliphatic imine (C=N–C) groups is 1. The van der Waals surface area contributed by atoms with Gasteiger partial charge in [0.15, 0.2) is 5.96 Å². The van der Waals surface area contributed by atoms with Crippen LogP contribution in [0.3, 0.4) is 0 Å². The molecule has 0 saturated heterocycles. The number of rotatable bonds is 6. The Kier molecular flexibility index (Phi) is 9.79. The molecule has 0 aromatic heterocycles. The number of guanidine groups is 1. The fourth-order valence-corrected chi connectivity index (χ4v) is 1.99. The zero-order chi connectivity index (χ0) is 17.5. The van der Waals surface area contributed by atoms with E-state index in [0.29, 0.717) is 31.0 Å². The van der Waals surface area contributed by atoms with Crippen molar-refractivity contribution in [3.05, 3.63) is 35.4 Å². The Morgan fingerprint density at radius 2 is 1.92 bits per heavy atom. The van der Waals surface area contributed by atoms with Gasteiger partial charge >= 0.3 is 0 Å². The molecule has 24 heavy (non-hydrogen) atoms. The monoisotopic (exact) mass is 454 g/mol. The first-order chi connectivity index (χ1) is 10.8. The molecule has 0 heterocycles. The van der Waals surface area contributed by atoms with Crippen LogP contribution in [0.1, 0.15) is 19.4 Å². The SMILES string of the molecule is CN=C(NCCc1cc(F)ccc1F)NCC(C)(C)C(=O)NC.I. The summed E-state index contributed by atoms with van der Waals surface area (Å²) in [7, 11) is 3.19. The van der Waals surface area contributed by atoms with Crippen LogP contribution in [-0.2, 0) is 11.2 Å². The summed E-state index contributed by atoms with van der Waals surface area (Å²) in [5, 5.41) is 8.67. The maximum atomic E-state index is 13.5. The Labute approximate surface area is 158 Å². The third-order valence-corrected chi connectivity index (χ3v) is 3.46. The molecular formula is C16H25F2IN4O. The van der Waals surface area contributed by atoms with Crippen LogP contribution >= 0.6 is 24.0 Å². The fraction of sp³-hybridized carbons (Fsp3) is 0.500. The van der Waals surface area contributed by atoms with Crippen molar-refractivity contribution >= 4 is 35.8 Å². The van der Waals surface area contributed by atoms with Crippen molar-refractivity contribution in [3.8, 4) is 0 Å². The van der Waals surface area contributed by atoms with Crippen LogP contribution in [0.5, 0.6) is 0 Å². The highest BCUT2D eigenvalue weighted by molar-refractivity contribution is 14.0. The fourth-order valence-electron chi connectivity index (χ4n) is 1.99. The van der Waals surface area contributed by atoms with Gasteiger partial charge in [-0.25, -0.2) is 8.78 Å². The van der Waals surface area contributed by atoms with Gasteiger partial charge in [0.05, 0.1) is 5.41 Å². The summed E-state index contributed by atoms with van der Waals surface area (Å²) in [5.41, 5.74) is -0.292. The van der Waals surface area contributed by atoms with E-state index in [1.807, 2.05) is 13.8 Å². The van der Waals surface area contributed by atoms with Gasteiger partial charge in [-0.15, -0.1) is 24.0 Å². The predicted molar refractivity (Wildman–Crippen MR) is 103 cm³/mol. The third kappa shape index (κ3) is 6.98. The number of carbonyl (C=O) groups is 1. The topological polar surface area (TPSA) is 65.5 Å². The Bertz CT molecular complexity index is 579. The number of nitrogens with zero attached hydrogens (tertiary/aromatic N) is 1. The molecular weight excluding hydrogens is 429 g/mol. The molecule has 0 saturated carbocycles. The van der Waals surface area contributed by atoms with Gasteiger partial charge in [0.2, 0.25) is 5.91 Å². The van der Waals surface area contributed by atoms with Gasteiger partial charge < -0.3 is 16.0 Å². The lowest BCUT2D eigenvalue weighted by atomic mass is 9.92. The number of benzene rings is 1. The van der Waals surface area contributed by atoms with Crippen LogP contribution in [0.4, 0.5) is 8.78 Å². The maximum Gasteiger partial charge on any atom is 0.227 e. The summed E-state index contributed by atoms with van der Waals surface area (Å²) in [6, 6.07) is 3.39. The van der Waals surface area contributed by atoms with Crippen LogP contribution in [-0.4, -0.2) is 39.1 Å². The highest BCUT2D eigenvalue weighted by Crippen LogP contribution is 2.13. The molecule has 0 fully saturated rings. The average molecular weight is 454 g/mol.